The molecule has 1 saturated heterocycles. The lowest BCUT2D eigenvalue weighted by Crippen LogP contribution is -2.30. The van der Waals surface area contributed by atoms with Gasteiger partial charge in [0.05, 0.1) is 16.6 Å². The van der Waals surface area contributed by atoms with Gasteiger partial charge in [-0.1, -0.05) is 12.1 Å². The Bertz CT molecular complexity index is 383. The summed E-state index contributed by atoms with van der Waals surface area (Å²) in [5.74, 6) is 3.15. The van der Waals surface area contributed by atoms with E-state index in [1.807, 2.05) is 30.0 Å². The zero-order valence-electron chi connectivity index (χ0n) is 9.22. The maximum atomic E-state index is 11.9. The van der Waals surface area contributed by atoms with Crippen LogP contribution in [0.4, 0.5) is 11.4 Å². The average Bonchev–Trinajstić information content (AvgIpc) is 2.33. The second-order valence-electron chi connectivity index (χ2n) is 3.51. The first-order valence-corrected chi connectivity index (χ1v) is 7.32. The molecule has 1 aromatic carbocycles. The van der Waals surface area contributed by atoms with E-state index in [1.165, 1.54) is 0 Å². The predicted octanol–water partition coefficient (Wildman–Crippen LogP) is 2.48. The Morgan fingerprint density at radius 2 is 2.12 bits per heavy atom. The van der Waals surface area contributed by atoms with Crippen LogP contribution in [0.5, 0.6) is 0 Å². The maximum Gasteiger partial charge on any atom is 0.238 e. The smallest absolute Gasteiger partial charge is 0.238 e. The van der Waals surface area contributed by atoms with Crippen LogP contribution in [0.2, 0.25) is 0 Å². The molecule has 17 heavy (non-hydrogen) atoms. The Labute approximate surface area is 116 Å². The number of amides is 1. The van der Waals surface area contributed by atoms with Crippen molar-refractivity contribution in [3.8, 4) is 0 Å². The standard InChI is InChI=1S/C11H14N2OS2.ClH/c12-8-3-1-2-4-9(8)13-11(14)10-7-15-5-6-16-10;/h1-4,10H,5-7,12H2,(H,13,14);1H. The molecule has 1 heterocycles. The fraction of sp³-hybridized carbons (Fsp3) is 0.364. The minimum absolute atomic E-state index is 0. The first-order chi connectivity index (χ1) is 7.77. The Morgan fingerprint density at radius 3 is 2.76 bits per heavy atom. The molecule has 3 N–H and O–H groups in total. The van der Waals surface area contributed by atoms with E-state index >= 15 is 0 Å². The topological polar surface area (TPSA) is 55.1 Å². The molecule has 6 heteroatoms. The number of anilines is 2. The molecule has 0 aromatic heterocycles. The quantitative estimate of drug-likeness (QED) is 0.822. The minimum Gasteiger partial charge on any atom is -0.397 e. The van der Waals surface area contributed by atoms with E-state index in [0.29, 0.717) is 11.4 Å². The van der Waals surface area contributed by atoms with Gasteiger partial charge in [0, 0.05) is 17.3 Å². The van der Waals surface area contributed by atoms with E-state index in [4.69, 9.17) is 5.73 Å². The predicted molar refractivity (Wildman–Crippen MR) is 80.3 cm³/mol. The summed E-state index contributed by atoms with van der Waals surface area (Å²) in [7, 11) is 0. The molecule has 1 aliphatic heterocycles. The van der Waals surface area contributed by atoms with Gasteiger partial charge in [0.1, 0.15) is 0 Å². The Hall–Kier alpha value is -0.520. The highest BCUT2D eigenvalue weighted by Crippen LogP contribution is 2.26. The van der Waals surface area contributed by atoms with Crippen LogP contribution in [-0.2, 0) is 4.79 Å². The Kier molecular flexibility index (Phi) is 6.02. The summed E-state index contributed by atoms with van der Waals surface area (Å²) in [5, 5.41) is 2.94. The number of halogens is 1. The molecule has 1 fully saturated rings. The molecule has 0 saturated carbocycles. The zero-order valence-corrected chi connectivity index (χ0v) is 11.7. The third kappa shape index (κ3) is 4.01. The van der Waals surface area contributed by atoms with Crippen LogP contribution >= 0.6 is 35.9 Å². The van der Waals surface area contributed by atoms with Crippen LogP contribution in [0.1, 0.15) is 0 Å². The molecule has 2 rings (SSSR count). The number of carbonyl (C=O) groups is 1. The molecule has 0 aliphatic carbocycles. The first-order valence-electron chi connectivity index (χ1n) is 5.12. The third-order valence-corrected chi connectivity index (χ3v) is 5.08. The van der Waals surface area contributed by atoms with Crippen molar-refractivity contribution in [2.75, 3.05) is 28.3 Å². The van der Waals surface area contributed by atoms with E-state index in [2.05, 4.69) is 5.32 Å². The van der Waals surface area contributed by atoms with Crippen molar-refractivity contribution in [3.05, 3.63) is 24.3 Å². The van der Waals surface area contributed by atoms with Gasteiger partial charge in [0.25, 0.3) is 0 Å². The molecule has 0 spiro atoms. The molecule has 3 nitrogen and oxygen atoms in total. The number of hydrogen-bond donors (Lipinski definition) is 2. The minimum atomic E-state index is 0. The van der Waals surface area contributed by atoms with E-state index in [1.54, 1.807) is 17.8 Å². The lowest BCUT2D eigenvalue weighted by atomic mass is 10.2. The van der Waals surface area contributed by atoms with Gasteiger partial charge in [-0.3, -0.25) is 4.79 Å². The van der Waals surface area contributed by atoms with Crippen LogP contribution in [0.15, 0.2) is 24.3 Å². The Morgan fingerprint density at radius 1 is 1.35 bits per heavy atom. The van der Waals surface area contributed by atoms with E-state index in [-0.39, 0.29) is 23.6 Å². The summed E-state index contributed by atoms with van der Waals surface area (Å²) in [5.41, 5.74) is 7.10. The number of nitrogens with two attached hydrogens (primary N) is 1. The molecule has 1 aliphatic rings. The first kappa shape index (κ1) is 14.5. The molecule has 1 atom stereocenters. The van der Waals surface area contributed by atoms with Crippen LogP contribution in [-0.4, -0.2) is 28.4 Å². The number of benzene rings is 1. The van der Waals surface area contributed by atoms with Crippen molar-refractivity contribution in [2.24, 2.45) is 0 Å². The number of nitrogen functional groups attached to an aromatic ring is 1. The Balaban J connectivity index is 0.00000144. The molecular formula is C11H15ClN2OS2. The lowest BCUT2D eigenvalue weighted by molar-refractivity contribution is -0.115. The number of carbonyl (C=O) groups excluding carboxylic acids is 1. The summed E-state index contributed by atoms with van der Waals surface area (Å²) >= 11 is 3.56. The van der Waals surface area contributed by atoms with Crippen molar-refractivity contribution in [1.29, 1.82) is 0 Å². The molecule has 1 amide bonds. The van der Waals surface area contributed by atoms with Crippen molar-refractivity contribution in [1.82, 2.24) is 0 Å². The van der Waals surface area contributed by atoms with Gasteiger partial charge in [-0.15, -0.1) is 24.2 Å². The molecule has 1 aromatic rings. The van der Waals surface area contributed by atoms with Gasteiger partial charge in [0.2, 0.25) is 5.91 Å². The van der Waals surface area contributed by atoms with Crippen LogP contribution < -0.4 is 11.1 Å². The average molecular weight is 291 g/mol. The van der Waals surface area contributed by atoms with Gasteiger partial charge in [-0.25, -0.2) is 0 Å². The largest absolute Gasteiger partial charge is 0.397 e. The number of thioether (sulfide) groups is 2. The SMILES string of the molecule is Cl.Nc1ccccc1NC(=O)C1CSCCS1. The monoisotopic (exact) mass is 290 g/mol. The fourth-order valence-electron chi connectivity index (χ4n) is 1.46. The summed E-state index contributed by atoms with van der Waals surface area (Å²) in [6.45, 7) is 0. The van der Waals surface area contributed by atoms with Gasteiger partial charge in [-0.05, 0) is 12.1 Å². The fourth-order valence-corrected chi connectivity index (χ4v) is 4.02. The summed E-state index contributed by atoms with van der Waals surface area (Å²) < 4.78 is 0. The molecule has 0 bridgehead atoms. The number of hydrogen-bond acceptors (Lipinski definition) is 4. The number of rotatable bonds is 2. The summed E-state index contributed by atoms with van der Waals surface area (Å²) in [4.78, 5) is 11.9. The second kappa shape index (κ2) is 7.03. The van der Waals surface area contributed by atoms with E-state index in [9.17, 15) is 4.79 Å². The normalized spacial score (nSPS) is 19.2. The van der Waals surface area contributed by atoms with E-state index in [0.717, 1.165) is 17.3 Å². The number of nitrogens with one attached hydrogen (secondary N) is 1. The van der Waals surface area contributed by atoms with Crippen LogP contribution in [0.3, 0.4) is 0 Å². The van der Waals surface area contributed by atoms with Gasteiger partial charge in [-0.2, -0.15) is 11.8 Å². The van der Waals surface area contributed by atoms with E-state index < -0.39 is 0 Å². The molecule has 94 valence electrons. The maximum absolute atomic E-state index is 11.9. The highest BCUT2D eigenvalue weighted by molar-refractivity contribution is 8.07. The van der Waals surface area contributed by atoms with Crippen LogP contribution in [0, 0.1) is 0 Å². The van der Waals surface area contributed by atoms with Gasteiger partial charge < -0.3 is 11.1 Å². The van der Waals surface area contributed by atoms with Crippen molar-refractivity contribution < 1.29 is 4.79 Å². The van der Waals surface area contributed by atoms with Gasteiger partial charge >= 0.3 is 0 Å². The lowest BCUT2D eigenvalue weighted by Gasteiger charge is -2.20. The highest BCUT2D eigenvalue weighted by atomic mass is 35.5. The van der Waals surface area contributed by atoms with Crippen molar-refractivity contribution in [3.63, 3.8) is 0 Å². The summed E-state index contributed by atoms with van der Waals surface area (Å²) in [6, 6.07) is 7.34. The third-order valence-electron chi connectivity index (χ3n) is 2.33. The molecule has 1 unspecified atom stereocenters. The molecular weight excluding hydrogens is 276 g/mol. The number of para-hydroxylation sites is 2. The van der Waals surface area contributed by atoms with Gasteiger partial charge in [0.15, 0.2) is 0 Å². The van der Waals surface area contributed by atoms with Crippen molar-refractivity contribution in [2.45, 2.75) is 5.25 Å². The van der Waals surface area contributed by atoms with Crippen LogP contribution in [0.25, 0.3) is 0 Å². The van der Waals surface area contributed by atoms with Crippen molar-refractivity contribution >= 4 is 53.2 Å². The zero-order chi connectivity index (χ0) is 11.4. The highest BCUT2D eigenvalue weighted by Gasteiger charge is 2.22. The second-order valence-corrected chi connectivity index (χ2v) is 5.97. The summed E-state index contributed by atoms with van der Waals surface area (Å²) in [6.07, 6.45) is 0. The molecule has 0 radical (unpaired) electrons.